The van der Waals surface area contributed by atoms with Gasteiger partial charge in [-0.25, -0.2) is 4.79 Å². The van der Waals surface area contributed by atoms with Crippen molar-refractivity contribution in [1.29, 1.82) is 0 Å². The molecule has 0 unspecified atom stereocenters. The number of hydrogen-bond acceptors (Lipinski definition) is 4. The number of amides is 2. The van der Waals surface area contributed by atoms with Crippen LogP contribution in [0.15, 0.2) is 60.2 Å². The van der Waals surface area contributed by atoms with Crippen LogP contribution in [0.2, 0.25) is 0 Å². The summed E-state index contributed by atoms with van der Waals surface area (Å²) in [6.45, 7) is 12.0. The van der Waals surface area contributed by atoms with E-state index >= 15 is 0 Å². The van der Waals surface area contributed by atoms with Gasteiger partial charge >= 0.3 is 6.03 Å². The van der Waals surface area contributed by atoms with Gasteiger partial charge in [0.05, 0.1) is 10.4 Å². The highest BCUT2D eigenvalue weighted by Gasteiger charge is 2.03. The van der Waals surface area contributed by atoms with Crippen LogP contribution >= 0.6 is 11.3 Å². The molecular weight excluding hydrogens is 454 g/mol. The number of thiazole rings is 1. The monoisotopic (exact) mass is 499 g/mol. The molecular formula is C29H45N3O2S. The van der Waals surface area contributed by atoms with Crippen molar-refractivity contribution in [3.63, 3.8) is 0 Å². The van der Waals surface area contributed by atoms with Gasteiger partial charge < -0.3 is 15.4 Å². The van der Waals surface area contributed by atoms with Crippen molar-refractivity contribution in [2.45, 2.75) is 80.1 Å². The van der Waals surface area contributed by atoms with Gasteiger partial charge in [-0.05, 0) is 54.1 Å². The number of nitrogens with one attached hydrogen (secondary N) is 2. The third-order valence-electron chi connectivity index (χ3n) is 4.65. The van der Waals surface area contributed by atoms with Crippen LogP contribution in [-0.2, 0) is 0 Å². The van der Waals surface area contributed by atoms with Crippen LogP contribution in [0, 0.1) is 0 Å². The summed E-state index contributed by atoms with van der Waals surface area (Å²) in [6.07, 6.45) is 10.8. The van der Waals surface area contributed by atoms with Gasteiger partial charge in [-0.1, -0.05) is 80.1 Å². The van der Waals surface area contributed by atoms with E-state index in [0.29, 0.717) is 11.4 Å². The average molecular weight is 500 g/mol. The molecule has 0 bridgehead atoms. The minimum Gasteiger partial charge on any atom is -0.457 e. The van der Waals surface area contributed by atoms with Gasteiger partial charge in [0.25, 0.3) is 0 Å². The molecule has 5 nitrogen and oxygen atoms in total. The fourth-order valence-electron chi connectivity index (χ4n) is 3.04. The predicted octanol–water partition coefficient (Wildman–Crippen LogP) is 9.77. The molecule has 0 atom stereocenters. The Labute approximate surface area is 217 Å². The van der Waals surface area contributed by atoms with Crippen LogP contribution in [0.4, 0.5) is 10.5 Å². The van der Waals surface area contributed by atoms with Crippen molar-refractivity contribution < 1.29 is 9.53 Å². The van der Waals surface area contributed by atoms with Crippen molar-refractivity contribution in [3.8, 4) is 21.9 Å². The molecule has 194 valence electrons. The Hall–Kier alpha value is -2.86. The Balaban J connectivity index is 0.000000810. The Morgan fingerprint density at radius 1 is 0.771 bits per heavy atom. The lowest BCUT2D eigenvalue weighted by Gasteiger charge is -2.08. The largest absolute Gasteiger partial charge is 0.457 e. The Morgan fingerprint density at radius 2 is 1.23 bits per heavy atom. The standard InChI is InChI=1S/C17H15N3O2S.C6H12.3C2H6/c1-18-17(21)20-13-4-8-15(9-5-13)22-14-6-2-12(3-7-14)16-10-19-11-23-16;1-2-4-6-5-3-1;3*1-2/h2-11H,1H3,(H2,18,20,21);1-6H2;3*1-2H3. The maximum absolute atomic E-state index is 11.2. The molecule has 0 saturated heterocycles. The second-order valence-electron chi connectivity index (χ2n) is 6.84. The molecule has 3 aromatic rings. The number of carbonyl (C=O) groups is 1. The Morgan fingerprint density at radius 3 is 1.63 bits per heavy atom. The average Bonchev–Trinajstić information content (AvgIpc) is 3.50. The molecule has 1 aliphatic rings. The molecule has 1 saturated carbocycles. The number of ether oxygens (including phenoxy) is 1. The molecule has 1 fully saturated rings. The van der Waals surface area contributed by atoms with Crippen LogP contribution in [0.25, 0.3) is 10.4 Å². The molecule has 2 amide bonds. The summed E-state index contributed by atoms with van der Waals surface area (Å²) in [5.74, 6) is 1.46. The first kappa shape index (κ1) is 32.1. The lowest BCUT2D eigenvalue weighted by atomic mass is 10.0. The summed E-state index contributed by atoms with van der Waals surface area (Å²) in [5.41, 5.74) is 3.64. The van der Waals surface area contributed by atoms with Crippen LogP contribution < -0.4 is 15.4 Å². The first-order valence-electron chi connectivity index (χ1n) is 13.0. The Kier molecular flexibility index (Phi) is 19.9. The number of hydrogen-bond donors (Lipinski definition) is 2. The van der Waals surface area contributed by atoms with Crippen LogP contribution in [0.5, 0.6) is 11.5 Å². The number of anilines is 1. The quantitative estimate of drug-likeness (QED) is 0.375. The third-order valence-corrected chi connectivity index (χ3v) is 5.47. The first-order chi connectivity index (χ1) is 17.2. The number of carbonyl (C=O) groups excluding carboxylic acids is 1. The highest BCUT2D eigenvalue weighted by Crippen LogP contribution is 2.28. The topological polar surface area (TPSA) is 63.2 Å². The van der Waals surface area contributed by atoms with E-state index in [2.05, 4.69) is 15.6 Å². The van der Waals surface area contributed by atoms with E-state index in [-0.39, 0.29) is 6.03 Å². The van der Waals surface area contributed by atoms with Crippen molar-refractivity contribution in [1.82, 2.24) is 10.3 Å². The van der Waals surface area contributed by atoms with E-state index in [0.717, 1.165) is 16.2 Å². The zero-order chi connectivity index (χ0) is 26.3. The highest BCUT2D eigenvalue weighted by molar-refractivity contribution is 7.13. The van der Waals surface area contributed by atoms with Crippen molar-refractivity contribution in [2.24, 2.45) is 0 Å². The van der Waals surface area contributed by atoms with E-state index in [1.54, 1.807) is 30.5 Å². The van der Waals surface area contributed by atoms with Gasteiger partial charge in [0.15, 0.2) is 0 Å². The predicted molar refractivity (Wildman–Crippen MR) is 154 cm³/mol. The lowest BCUT2D eigenvalue weighted by molar-refractivity contribution is 0.254. The lowest BCUT2D eigenvalue weighted by Crippen LogP contribution is -2.24. The molecule has 1 heterocycles. The number of aromatic nitrogens is 1. The van der Waals surface area contributed by atoms with Crippen LogP contribution in [-0.4, -0.2) is 18.1 Å². The smallest absolute Gasteiger partial charge is 0.318 e. The highest BCUT2D eigenvalue weighted by atomic mass is 32.1. The minimum atomic E-state index is -0.252. The number of nitrogens with zero attached hydrogens (tertiary/aromatic N) is 1. The summed E-state index contributed by atoms with van der Waals surface area (Å²) in [4.78, 5) is 16.4. The van der Waals surface area contributed by atoms with E-state index in [1.807, 2.05) is 89.6 Å². The second-order valence-corrected chi connectivity index (χ2v) is 7.73. The summed E-state index contributed by atoms with van der Waals surface area (Å²) >= 11 is 1.60. The molecule has 4 rings (SSSR count). The summed E-state index contributed by atoms with van der Waals surface area (Å²) in [7, 11) is 1.57. The first-order valence-corrected chi connectivity index (χ1v) is 13.9. The van der Waals surface area contributed by atoms with E-state index in [4.69, 9.17) is 4.74 Å². The van der Waals surface area contributed by atoms with E-state index < -0.39 is 0 Å². The van der Waals surface area contributed by atoms with Crippen LogP contribution in [0.3, 0.4) is 0 Å². The van der Waals surface area contributed by atoms with Crippen LogP contribution in [0.1, 0.15) is 80.1 Å². The minimum absolute atomic E-state index is 0.252. The zero-order valence-corrected chi connectivity index (χ0v) is 23.5. The molecule has 35 heavy (non-hydrogen) atoms. The molecule has 1 aromatic heterocycles. The van der Waals surface area contributed by atoms with Crippen molar-refractivity contribution in [3.05, 3.63) is 60.2 Å². The van der Waals surface area contributed by atoms with Gasteiger partial charge in [-0.2, -0.15) is 0 Å². The molecule has 6 heteroatoms. The summed E-state index contributed by atoms with van der Waals surface area (Å²) < 4.78 is 5.80. The number of urea groups is 1. The molecule has 2 N–H and O–H groups in total. The van der Waals surface area contributed by atoms with Crippen molar-refractivity contribution >= 4 is 23.1 Å². The summed E-state index contributed by atoms with van der Waals surface area (Å²) in [5, 5.41) is 5.20. The maximum atomic E-state index is 11.2. The van der Waals surface area contributed by atoms with Gasteiger partial charge in [-0.15, -0.1) is 11.3 Å². The van der Waals surface area contributed by atoms with E-state index in [9.17, 15) is 4.79 Å². The third kappa shape index (κ3) is 13.6. The van der Waals surface area contributed by atoms with Gasteiger partial charge in [0.1, 0.15) is 11.5 Å². The number of benzene rings is 2. The second kappa shape index (κ2) is 21.7. The van der Waals surface area contributed by atoms with Gasteiger partial charge in [0, 0.05) is 18.9 Å². The molecule has 1 aliphatic carbocycles. The summed E-state index contributed by atoms with van der Waals surface area (Å²) in [6, 6.07) is 14.8. The van der Waals surface area contributed by atoms with Gasteiger partial charge in [0.2, 0.25) is 0 Å². The van der Waals surface area contributed by atoms with Crippen molar-refractivity contribution in [2.75, 3.05) is 12.4 Å². The molecule has 0 radical (unpaired) electrons. The van der Waals surface area contributed by atoms with Gasteiger partial charge in [-0.3, -0.25) is 4.98 Å². The molecule has 0 spiro atoms. The maximum Gasteiger partial charge on any atom is 0.318 e. The fraction of sp³-hybridized carbons (Fsp3) is 0.448. The Bertz CT molecular complexity index is 848. The molecule has 2 aromatic carbocycles. The SMILES string of the molecule is C1CCCCC1.CC.CC.CC.CNC(=O)Nc1ccc(Oc2ccc(-c3cncs3)cc2)cc1. The number of rotatable bonds is 4. The molecule has 0 aliphatic heterocycles. The normalized spacial score (nSPS) is 11.3. The van der Waals surface area contributed by atoms with E-state index in [1.165, 1.54) is 38.5 Å². The zero-order valence-electron chi connectivity index (χ0n) is 22.7. The fourth-order valence-corrected chi connectivity index (χ4v) is 3.67.